The summed E-state index contributed by atoms with van der Waals surface area (Å²) in [6.07, 6.45) is 0.387. The van der Waals surface area contributed by atoms with Gasteiger partial charge in [-0.25, -0.2) is 0 Å². The predicted octanol–water partition coefficient (Wildman–Crippen LogP) is 1.84. The molecule has 0 aliphatic rings. The Hall–Kier alpha value is -2.10. The summed E-state index contributed by atoms with van der Waals surface area (Å²) in [6, 6.07) is 11.4. The Morgan fingerprint density at radius 2 is 2.12 bits per heavy atom. The number of aryl methyl sites for hydroxylation is 1. The SMILES string of the molecule is Cc1cc(CNC(=O)Cc2ccccc2)no1. The first-order valence-electron chi connectivity index (χ1n) is 5.47. The number of nitrogens with zero attached hydrogens (tertiary/aromatic N) is 1. The van der Waals surface area contributed by atoms with Gasteiger partial charge in [0, 0.05) is 6.07 Å². The van der Waals surface area contributed by atoms with Gasteiger partial charge in [-0.15, -0.1) is 0 Å². The number of carbonyl (C=O) groups is 1. The molecule has 1 N–H and O–H groups in total. The topological polar surface area (TPSA) is 55.1 Å². The van der Waals surface area contributed by atoms with Crippen molar-refractivity contribution in [3.8, 4) is 0 Å². The standard InChI is InChI=1S/C13H14N2O2/c1-10-7-12(15-17-10)9-14-13(16)8-11-5-3-2-4-6-11/h2-7H,8-9H2,1H3,(H,14,16). The summed E-state index contributed by atoms with van der Waals surface area (Å²) in [5, 5.41) is 6.60. The molecule has 0 saturated carbocycles. The Morgan fingerprint density at radius 1 is 1.35 bits per heavy atom. The van der Waals surface area contributed by atoms with Crippen LogP contribution in [0.4, 0.5) is 0 Å². The lowest BCUT2D eigenvalue weighted by Gasteiger charge is -2.02. The van der Waals surface area contributed by atoms with Crippen LogP contribution in [0, 0.1) is 6.92 Å². The van der Waals surface area contributed by atoms with Crippen molar-refractivity contribution in [3.05, 3.63) is 53.4 Å². The molecule has 0 bridgehead atoms. The van der Waals surface area contributed by atoms with Gasteiger partial charge in [0.2, 0.25) is 5.91 Å². The van der Waals surface area contributed by atoms with Crippen LogP contribution >= 0.6 is 0 Å². The van der Waals surface area contributed by atoms with Crippen LogP contribution in [0.15, 0.2) is 40.9 Å². The summed E-state index contributed by atoms with van der Waals surface area (Å²) >= 11 is 0. The zero-order valence-corrected chi connectivity index (χ0v) is 9.64. The lowest BCUT2D eigenvalue weighted by atomic mass is 10.1. The van der Waals surface area contributed by atoms with Gasteiger partial charge in [0.25, 0.3) is 0 Å². The van der Waals surface area contributed by atoms with Crippen molar-refractivity contribution in [2.24, 2.45) is 0 Å². The highest BCUT2D eigenvalue weighted by Crippen LogP contribution is 2.02. The molecule has 0 spiro atoms. The van der Waals surface area contributed by atoms with E-state index in [1.807, 2.05) is 43.3 Å². The minimum absolute atomic E-state index is 0.0168. The van der Waals surface area contributed by atoms with Gasteiger partial charge >= 0.3 is 0 Å². The largest absolute Gasteiger partial charge is 0.361 e. The molecule has 1 aromatic heterocycles. The third-order valence-electron chi connectivity index (χ3n) is 2.35. The maximum absolute atomic E-state index is 11.6. The number of hydrogen-bond acceptors (Lipinski definition) is 3. The Balaban J connectivity index is 1.82. The zero-order chi connectivity index (χ0) is 12.1. The number of nitrogens with one attached hydrogen (secondary N) is 1. The fourth-order valence-electron chi connectivity index (χ4n) is 1.53. The summed E-state index contributed by atoms with van der Waals surface area (Å²) in [7, 11) is 0. The van der Waals surface area contributed by atoms with Crippen LogP contribution < -0.4 is 5.32 Å². The Morgan fingerprint density at radius 3 is 2.76 bits per heavy atom. The molecule has 0 fully saturated rings. The van der Waals surface area contributed by atoms with Crippen LogP contribution in [0.1, 0.15) is 17.0 Å². The molecule has 88 valence electrons. The molecule has 2 rings (SSSR count). The van der Waals surface area contributed by atoms with Gasteiger partial charge < -0.3 is 9.84 Å². The van der Waals surface area contributed by atoms with Crippen molar-refractivity contribution in [3.63, 3.8) is 0 Å². The van der Waals surface area contributed by atoms with Gasteiger partial charge in [-0.2, -0.15) is 0 Å². The number of aromatic nitrogens is 1. The first-order valence-corrected chi connectivity index (χ1v) is 5.47. The van der Waals surface area contributed by atoms with E-state index in [1.165, 1.54) is 0 Å². The van der Waals surface area contributed by atoms with Crippen molar-refractivity contribution in [1.82, 2.24) is 10.5 Å². The number of hydrogen-bond donors (Lipinski definition) is 1. The second-order valence-electron chi connectivity index (χ2n) is 3.87. The zero-order valence-electron chi connectivity index (χ0n) is 9.64. The molecule has 4 nitrogen and oxygen atoms in total. The van der Waals surface area contributed by atoms with E-state index in [4.69, 9.17) is 4.52 Å². The van der Waals surface area contributed by atoms with Gasteiger partial charge in [-0.1, -0.05) is 35.5 Å². The molecule has 2 aromatic rings. The Kier molecular flexibility index (Phi) is 3.55. The minimum Gasteiger partial charge on any atom is -0.361 e. The Labute approximate surface area is 99.6 Å². The predicted molar refractivity (Wildman–Crippen MR) is 63.2 cm³/mol. The first-order chi connectivity index (χ1) is 8.24. The molecule has 4 heteroatoms. The molecule has 0 atom stereocenters. The number of benzene rings is 1. The first kappa shape index (κ1) is 11.4. The molecule has 1 amide bonds. The van der Waals surface area contributed by atoms with Gasteiger partial charge in [-0.05, 0) is 12.5 Å². The van der Waals surface area contributed by atoms with Crippen LogP contribution in [0.3, 0.4) is 0 Å². The van der Waals surface area contributed by atoms with Gasteiger partial charge in [-0.3, -0.25) is 4.79 Å². The molecule has 0 radical (unpaired) electrons. The highest BCUT2D eigenvalue weighted by Gasteiger charge is 2.05. The molecular formula is C13H14N2O2. The second-order valence-corrected chi connectivity index (χ2v) is 3.87. The normalized spacial score (nSPS) is 10.2. The van der Waals surface area contributed by atoms with E-state index in [0.717, 1.165) is 17.0 Å². The fourth-order valence-corrected chi connectivity index (χ4v) is 1.53. The minimum atomic E-state index is -0.0168. The molecule has 0 aliphatic heterocycles. The number of rotatable bonds is 4. The molecule has 0 unspecified atom stereocenters. The monoisotopic (exact) mass is 230 g/mol. The summed E-state index contributed by atoms with van der Waals surface area (Å²) in [5.41, 5.74) is 1.74. The quantitative estimate of drug-likeness (QED) is 0.872. The molecule has 1 aromatic carbocycles. The van der Waals surface area contributed by atoms with E-state index in [0.29, 0.717) is 13.0 Å². The van der Waals surface area contributed by atoms with E-state index >= 15 is 0 Å². The van der Waals surface area contributed by atoms with Gasteiger partial charge in [0.15, 0.2) is 0 Å². The van der Waals surface area contributed by atoms with E-state index < -0.39 is 0 Å². The number of amides is 1. The number of carbonyl (C=O) groups excluding carboxylic acids is 1. The van der Waals surface area contributed by atoms with E-state index in [2.05, 4.69) is 10.5 Å². The summed E-state index contributed by atoms with van der Waals surface area (Å²) in [4.78, 5) is 11.6. The van der Waals surface area contributed by atoms with E-state index in [1.54, 1.807) is 0 Å². The van der Waals surface area contributed by atoms with Gasteiger partial charge in [0.05, 0.1) is 13.0 Å². The molecular weight excluding hydrogens is 216 g/mol. The Bertz CT molecular complexity index is 491. The van der Waals surface area contributed by atoms with Crippen molar-refractivity contribution in [1.29, 1.82) is 0 Å². The van der Waals surface area contributed by atoms with Gasteiger partial charge in [0.1, 0.15) is 11.5 Å². The van der Waals surface area contributed by atoms with Crippen molar-refractivity contribution in [2.45, 2.75) is 19.9 Å². The summed E-state index contributed by atoms with van der Waals surface area (Å²) in [5.74, 6) is 0.731. The van der Waals surface area contributed by atoms with Crippen LogP contribution in [0.5, 0.6) is 0 Å². The van der Waals surface area contributed by atoms with Crippen LogP contribution in [-0.2, 0) is 17.8 Å². The highest BCUT2D eigenvalue weighted by molar-refractivity contribution is 5.78. The van der Waals surface area contributed by atoms with Crippen molar-refractivity contribution >= 4 is 5.91 Å². The lowest BCUT2D eigenvalue weighted by molar-refractivity contribution is -0.120. The second kappa shape index (κ2) is 5.30. The maximum atomic E-state index is 11.6. The molecule has 1 heterocycles. The fraction of sp³-hybridized carbons (Fsp3) is 0.231. The third kappa shape index (κ3) is 3.45. The maximum Gasteiger partial charge on any atom is 0.224 e. The highest BCUT2D eigenvalue weighted by atomic mass is 16.5. The van der Waals surface area contributed by atoms with E-state index in [-0.39, 0.29) is 5.91 Å². The third-order valence-corrected chi connectivity index (χ3v) is 2.35. The smallest absolute Gasteiger partial charge is 0.224 e. The molecule has 17 heavy (non-hydrogen) atoms. The van der Waals surface area contributed by atoms with Crippen molar-refractivity contribution in [2.75, 3.05) is 0 Å². The van der Waals surface area contributed by atoms with Crippen LogP contribution in [-0.4, -0.2) is 11.1 Å². The van der Waals surface area contributed by atoms with Crippen LogP contribution in [0.25, 0.3) is 0 Å². The van der Waals surface area contributed by atoms with E-state index in [9.17, 15) is 4.79 Å². The van der Waals surface area contributed by atoms with Crippen molar-refractivity contribution < 1.29 is 9.32 Å². The average molecular weight is 230 g/mol. The van der Waals surface area contributed by atoms with Crippen LogP contribution in [0.2, 0.25) is 0 Å². The molecule has 0 saturated heterocycles. The lowest BCUT2D eigenvalue weighted by Crippen LogP contribution is -2.24. The summed E-state index contributed by atoms with van der Waals surface area (Å²) < 4.78 is 4.91. The average Bonchev–Trinajstić information content (AvgIpc) is 2.74. The molecule has 0 aliphatic carbocycles. The summed E-state index contributed by atoms with van der Waals surface area (Å²) in [6.45, 7) is 2.23.